The lowest BCUT2D eigenvalue weighted by molar-refractivity contribution is -0.120. The molecular formula is C18H27N3O5S. The number of nitrogens with zero attached hydrogens (tertiary/aromatic N) is 2. The summed E-state index contributed by atoms with van der Waals surface area (Å²) >= 11 is 0. The van der Waals surface area contributed by atoms with Crippen molar-refractivity contribution >= 4 is 27.8 Å². The Morgan fingerprint density at radius 1 is 1.33 bits per heavy atom. The van der Waals surface area contributed by atoms with Crippen LogP contribution < -0.4 is 5.32 Å². The van der Waals surface area contributed by atoms with Crippen LogP contribution in [0.25, 0.3) is 0 Å². The lowest BCUT2D eigenvalue weighted by Crippen LogP contribution is -2.47. The van der Waals surface area contributed by atoms with Crippen LogP contribution in [0.3, 0.4) is 0 Å². The molecule has 0 unspecified atom stereocenters. The van der Waals surface area contributed by atoms with Crippen molar-refractivity contribution in [3.05, 3.63) is 29.3 Å². The Hall–Kier alpha value is -1.97. The summed E-state index contributed by atoms with van der Waals surface area (Å²) in [6, 6.07) is 4.98. The third-order valence-electron chi connectivity index (χ3n) is 4.55. The largest absolute Gasteiger partial charge is 0.462 e. The summed E-state index contributed by atoms with van der Waals surface area (Å²) in [5.74, 6) is -1.15. The fourth-order valence-corrected chi connectivity index (χ4v) is 4.12. The van der Waals surface area contributed by atoms with Gasteiger partial charge in [0.2, 0.25) is 5.91 Å². The highest BCUT2D eigenvalue weighted by Gasteiger charge is 2.33. The molecule has 9 heteroatoms. The molecule has 0 aromatic heterocycles. The number of rotatable bonds is 6. The molecule has 1 fully saturated rings. The van der Waals surface area contributed by atoms with Gasteiger partial charge in [0.1, 0.15) is 0 Å². The topological polar surface area (TPSA) is 96.0 Å². The summed E-state index contributed by atoms with van der Waals surface area (Å²) in [6.07, 6.45) is 1.23. The van der Waals surface area contributed by atoms with Gasteiger partial charge in [0.05, 0.1) is 18.1 Å². The Bertz CT molecular complexity index is 807. The van der Waals surface area contributed by atoms with Gasteiger partial charge in [-0.2, -0.15) is 17.0 Å². The molecule has 8 nitrogen and oxygen atoms in total. The predicted octanol–water partition coefficient (Wildman–Crippen LogP) is 1.63. The van der Waals surface area contributed by atoms with Gasteiger partial charge in [-0.1, -0.05) is 6.07 Å². The number of benzene rings is 1. The zero-order chi connectivity index (χ0) is 20.2. The van der Waals surface area contributed by atoms with E-state index in [0.717, 1.165) is 9.87 Å². The first kappa shape index (κ1) is 21.3. The highest BCUT2D eigenvalue weighted by Crippen LogP contribution is 2.24. The minimum atomic E-state index is -3.55. The Balaban J connectivity index is 2.13. The van der Waals surface area contributed by atoms with Crippen molar-refractivity contribution in [1.29, 1.82) is 0 Å². The summed E-state index contributed by atoms with van der Waals surface area (Å²) in [5.41, 5.74) is 1.70. The fraction of sp³-hybridized carbons (Fsp3) is 0.556. The second-order valence-electron chi connectivity index (χ2n) is 6.73. The third-order valence-corrected chi connectivity index (χ3v) is 6.46. The predicted molar refractivity (Wildman–Crippen MR) is 103 cm³/mol. The standard InChI is InChI=1S/C18H27N3O5S/c1-5-26-18(23)14-9-8-13(2)16(11-14)19-17(22)15-7-6-10-21(12-15)27(24,25)20(3)4/h8-9,11,15H,5-7,10,12H2,1-4H3,(H,19,22)/t15-/m0/s1. The monoisotopic (exact) mass is 397 g/mol. The quantitative estimate of drug-likeness (QED) is 0.736. The van der Waals surface area contributed by atoms with E-state index in [1.807, 2.05) is 6.92 Å². The van der Waals surface area contributed by atoms with Crippen molar-refractivity contribution in [2.24, 2.45) is 5.92 Å². The van der Waals surface area contributed by atoms with Crippen LogP contribution in [0.2, 0.25) is 0 Å². The van der Waals surface area contributed by atoms with E-state index in [-0.39, 0.29) is 19.1 Å². The smallest absolute Gasteiger partial charge is 0.338 e. The van der Waals surface area contributed by atoms with E-state index < -0.39 is 22.1 Å². The molecule has 1 amide bonds. The van der Waals surface area contributed by atoms with E-state index in [9.17, 15) is 18.0 Å². The number of anilines is 1. The van der Waals surface area contributed by atoms with Crippen LogP contribution in [0.5, 0.6) is 0 Å². The number of carbonyl (C=O) groups is 2. The molecule has 1 N–H and O–H groups in total. The molecule has 1 saturated heterocycles. The van der Waals surface area contributed by atoms with Crippen molar-refractivity contribution in [3.63, 3.8) is 0 Å². The summed E-state index contributed by atoms with van der Waals surface area (Å²) in [5, 5.41) is 2.84. The fourth-order valence-electron chi connectivity index (χ4n) is 2.93. The van der Waals surface area contributed by atoms with Crippen molar-refractivity contribution < 1.29 is 22.7 Å². The van der Waals surface area contributed by atoms with Crippen molar-refractivity contribution in [2.75, 3.05) is 39.1 Å². The van der Waals surface area contributed by atoms with Crippen molar-refractivity contribution in [1.82, 2.24) is 8.61 Å². The van der Waals surface area contributed by atoms with Crippen LogP contribution in [0, 0.1) is 12.8 Å². The Morgan fingerprint density at radius 3 is 2.67 bits per heavy atom. The van der Waals surface area contributed by atoms with Crippen LogP contribution in [0.1, 0.15) is 35.7 Å². The molecule has 150 valence electrons. The second-order valence-corrected chi connectivity index (χ2v) is 8.87. The summed E-state index contributed by atoms with van der Waals surface area (Å²) in [7, 11) is -0.595. The molecule has 27 heavy (non-hydrogen) atoms. The zero-order valence-electron chi connectivity index (χ0n) is 16.2. The third kappa shape index (κ3) is 5.06. The van der Waals surface area contributed by atoms with E-state index in [1.165, 1.54) is 18.4 Å². The average Bonchev–Trinajstić information content (AvgIpc) is 2.63. The lowest BCUT2D eigenvalue weighted by atomic mass is 9.98. The van der Waals surface area contributed by atoms with Crippen LogP contribution in [-0.4, -0.2) is 62.7 Å². The molecule has 0 aliphatic carbocycles. The van der Waals surface area contributed by atoms with E-state index in [1.54, 1.807) is 25.1 Å². The number of nitrogens with one attached hydrogen (secondary N) is 1. The van der Waals surface area contributed by atoms with Gasteiger partial charge in [0.15, 0.2) is 0 Å². The van der Waals surface area contributed by atoms with Gasteiger partial charge < -0.3 is 10.1 Å². The number of piperidine rings is 1. The molecule has 2 rings (SSSR count). The van der Waals surface area contributed by atoms with Crippen LogP contribution in [0.15, 0.2) is 18.2 Å². The van der Waals surface area contributed by atoms with Crippen molar-refractivity contribution in [2.45, 2.75) is 26.7 Å². The SMILES string of the molecule is CCOC(=O)c1ccc(C)c(NC(=O)[C@H]2CCCN(S(=O)(=O)N(C)C)C2)c1. The first-order valence-corrected chi connectivity index (χ1v) is 10.3. The van der Waals surface area contributed by atoms with Gasteiger partial charge in [0, 0.05) is 32.9 Å². The number of carbonyl (C=O) groups excluding carboxylic acids is 2. The van der Waals surface area contributed by atoms with Crippen molar-refractivity contribution in [3.8, 4) is 0 Å². The van der Waals surface area contributed by atoms with Crippen LogP contribution >= 0.6 is 0 Å². The highest BCUT2D eigenvalue weighted by atomic mass is 32.2. The number of ether oxygens (including phenoxy) is 1. The molecule has 1 heterocycles. The number of hydrogen-bond acceptors (Lipinski definition) is 5. The zero-order valence-corrected chi connectivity index (χ0v) is 17.0. The highest BCUT2D eigenvalue weighted by molar-refractivity contribution is 7.86. The molecule has 1 atom stereocenters. The minimum Gasteiger partial charge on any atom is -0.462 e. The van der Waals surface area contributed by atoms with E-state index >= 15 is 0 Å². The molecule has 0 spiro atoms. The van der Waals surface area contributed by atoms with Gasteiger partial charge in [-0.15, -0.1) is 0 Å². The van der Waals surface area contributed by atoms with E-state index in [2.05, 4.69) is 5.32 Å². The number of amides is 1. The first-order valence-electron chi connectivity index (χ1n) is 8.93. The maximum Gasteiger partial charge on any atom is 0.338 e. The molecule has 1 aromatic carbocycles. The van der Waals surface area contributed by atoms with Gasteiger partial charge in [-0.3, -0.25) is 4.79 Å². The summed E-state index contributed by atoms with van der Waals surface area (Å²) in [4.78, 5) is 24.6. The van der Waals surface area contributed by atoms with Gasteiger partial charge in [-0.05, 0) is 44.4 Å². The molecule has 1 aliphatic rings. The second kappa shape index (κ2) is 8.81. The Labute approximate surface area is 160 Å². The molecule has 0 saturated carbocycles. The number of esters is 1. The van der Waals surface area contributed by atoms with E-state index in [4.69, 9.17) is 4.74 Å². The lowest BCUT2D eigenvalue weighted by Gasteiger charge is -2.32. The maximum absolute atomic E-state index is 12.7. The molecule has 1 aromatic rings. The Kier molecular flexibility index (Phi) is 6.96. The van der Waals surface area contributed by atoms with Gasteiger partial charge in [0.25, 0.3) is 10.2 Å². The molecule has 0 bridgehead atoms. The number of hydrogen-bond donors (Lipinski definition) is 1. The normalized spacial score (nSPS) is 18.3. The van der Waals surface area contributed by atoms with Crippen LogP contribution in [-0.2, 0) is 19.7 Å². The average molecular weight is 397 g/mol. The molecule has 0 radical (unpaired) electrons. The Morgan fingerprint density at radius 2 is 2.04 bits per heavy atom. The summed E-state index contributed by atoms with van der Waals surface area (Å²) in [6.45, 7) is 4.37. The van der Waals surface area contributed by atoms with Gasteiger partial charge >= 0.3 is 5.97 Å². The van der Waals surface area contributed by atoms with Crippen LogP contribution in [0.4, 0.5) is 5.69 Å². The minimum absolute atomic E-state index is 0.142. The molecule has 1 aliphatic heterocycles. The van der Waals surface area contributed by atoms with Gasteiger partial charge in [-0.25, -0.2) is 4.79 Å². The summed E-state index contributed by atoms with van der Waals surface area (Å²) < 4.78 is 32.1. The maximum atomic E-state index is 12.7. The number of aryl methyl sites for hydroxylation is 1. The molecular weight excluding hydrogens is 370 g/mol. The van der Waals surface area contributed by atoms with E-state index in [0.29, 0.717) is 30.6 Å². The first-order chi connectivity index (χ1) is 12.7.